The predicted octanol–water partition coefficient (Wildman–Crippen LogP) is 3.32. The first kappa shape index (κ1) is 13.5. The second-order valence-corrected chi connectivity index (χ2v) is 7.19. The van der Waals surface area contributed by atoms with E-state index in [0.717, 1.165) is 18.7 Å². The van der Waals surface area contributed by atoms with Crippen LogP contribution in [0, 0.1) is 0 Å². The summed E-state index contributed by atoms with van der Waals surface area (Å²) in [5.41, 5.74) is 1.16. The lowest BCUT2D eigenvalue weighted by molar-refractivity contribution is 0.464. The van der Waals surface area contributed by atoms with Crippen LogP contribution in [-0.2, 0) is 4.75 Å². The van der Waals surface area contributed by atoms with Crippen molar-refractivity contribution < 1.29 is 0 Å². The third-order valence-electron chi connectivity index (χ3n) is 4.13. The molecule has 1 aromatic rings. The normalized spacial score (nSPS) is 31.3. The zero-order chi connectivity index (χ0) is 13.1. The van der Waals surface area contributed by atoms with Crippen molar-refractivity contribution in [1.29, 1.82) is 0 Å². The van der Waals surface area contributed by atoms with Crippen molar-refractivity contribution in [2.24, 2.45) is 0 Å². The van der Waals surface area contributed by atoms with Crippen LogP contribution < -0.4 is 5.32 Å². The van der Waals surface area contributed by atoms with Crippen molar-refractivity contribution in [2.45, 2.75) is 42.9 Å². The van der Waals surface area contributed by atoms with Crippen LogP contribution in [0.5, 0.6) is 0 Å². The van der Waals surface area contributed by atoms with Gasteiger partial charge in [0, 0.05) is 17.1 Å². The Morgan fingerprint density at radius 3 is 2.95 bits per heavy atom. The molecule has 102 valence electrons. The number of nitrogens with zero attached hydrogens (tertiary/aromatic N) is 1. The molecule has 2 saturated heterocycles. The largest absolute Gasteiger partial charge is 0.309 e. The van der Waals surface area contributed by atoms with Crippen molar-refractivity contribution in [2.75, 3.05) is 12.3 Å². The van der Waals surface area contributed by atoms with E-state index in [1.807, 2.05) is 24.0 Å². The third-order valence-corrected chi connectivity index (χ3v) is 6.51. The number of thioether (sulfide) groups is 1. The van der Waals surface area contributed by atoms with E-state index in [2.05, 4.69) is 22.4 Å². The number of thiocarbonyl (C=S) groups is 1. The van der Waals surface area contributed by atoms with E-state index in [1.165, 1.54) is 36.3 Å². The number of pyridine rings is 1. The Hall–Kier alpha value is -0.450. The highest BCUT2D eigenvalue weighted by Crippen LogP contribution is 2.48. The summed E-state index contributed by atoms with van der Waals surface area (Å²) in [6.07, 6.45) is 8.05. The van der Waals surface area contributed by atoms with E-state index in [1.54, 1.807) is 0 Å². The van der Waals surface area contributed by atoms with Crippen LogP contribution in [0.25, 0.3) is 0 Å². The lowest BCUT2D eigenvalue weighted by Gasteiger charge is -2.35. The molecule has 0 spiro atoms. The average molecular weight is 292 g/mol. The fraction of sp³-hybridized carbons (Fsp3) is 0.600. The van der Waals surface area contributed by atoms with E-state index < -0.39 is 0 Å². The van der Waals surface area contributed by atoms with Gasteiger partial charge in [0.25, 0.3) is 0 Å². The number of piperidine rings is 1. The van der Waals surface area contributed by atoms with Gasteiger partial charge in [0.15, 0.2) is 0 Å². The van der Waals surface area contributed by atoms with Crippen molar-refractivity contribution in [1.82, 2.24) is 10.3 Å². The quantitative estimate of drug-likeness (QED) is 0.864. The Kier molecular flexibility index (Phi) is 4.20. The number of aromatic nitrogens is 1. The molecule has 3 rings (SSSR count). The molecule has 1 aromatic heterocycles. The van der Waals surface area contributed by atoms with Gasteiger partial charge in [-0.2, -0.15) is 0 Å². The van der Waals surface area contributed by atoms with Gasteiger partial charge >= 0.3 is 0 Å². The second-order valence-electron chi connectivity index (χ2n) is 5.36. The Morgan fingerprint density at radius 1 is 1.37 bits per heavy atom. The van der Waals surface area contributed by atoms with Gasteiger partial charge in [-0.05, 0) is 50.1 Å². The highest BCUT2D eigenvalue weighted by atomic mass is 32.2. The summed E-state index contributed by atoms with van der Waals surface area (Å²) in [6.45, 7) is 1.10. The number of rotatable bonds is 3. The first-order chi connectivity index (χ1) is 9.33. The Morgan fingerprint density at radius 2 is 2.32 bits per heavy atom. The van der Waals surface area contributed by atoms with E-state index in [-0.39, 0.29) is 4.75 Å². The van der Waals surface area contributed by atoms with Crippen LogP contribution >= 0.6 is 24.0 Å². The lowest BCUT2D eigenvalue weighted by atomic mass is 9.87. The summed E-state index contributed by atoms with van der Waals surface area (Å²) in [7, 11) is 0. The minimum absolute atomic E-state index is 0.0222. The van der Waals surface area contributed by atoms with Crippen molar-refractivity contribution in [3.63, 3.8) is 0 Å². The summed E-state index contributed by atoms with van der Waals surface area (Å²) in [6, 6.07) is 6.61. The summed E-state index contributed by atoms with van der Waals surface area (Å²) in [4.78, 5) is 5.80. The molecule has 2 unspecified atom stereocenters. The van der Waals surface area contributed by atoms with Crippen LogP contribution in [0.1, 0.15) is 37.8 Å². The minimum Gasteiger partial charge on any atom is -0.309 e. The standard InChI is InChI=1S/C15H20N2S2/c18-14(12-6-1-3-9-16-12)15(8-5-11-19-15)13-7-2-4-10-17-13/h2,4,7,10,12,16H,1,3,5-6,8-9,11H2. The smallest absolute Gasteiger partial charge is 0.0906 e. The predicted molar refractivity (Wildman–Crippen MR) is 85.8 cm³/mol. The van der Waals surface area contributed by atoms with Crippen LogP contribution in [0.15, 0.2) is 24.4 Å². The van der Waals surface area contributed by atoms with Crippen LogP contribution in [-0.4, -0.2) is 28.2 Å². The first-order valence-electron chi connectivity index (χ1n) is 7.16. The molecule has 19 heavy (non-hydrogen) atoms. The van der Waals surface area contributed by atoms with Gasteiger partial charge in [-0.1, -0.05) is 24.7 Å². The molecule has 0 saturated carbocycles. The van der Waals surface area contributed by atoms with Crippen LogP contribution in [0.3, 0.4) is 0 Å². The van der Waals surface area contributed by atoms with Crippen molar-refractivity contribution in [3.05, 3.63) is 30.1 Å². The molecule has 2 aliphatic heterocycles. The molecule has 3 heterocycles. The van der Waals surface area contributed by atoms with E-state index in [9.17, 15) is 0 Å². The molecule has 2 nitrogen and oxygen atoms in total. The number of hydrogen-bond acceptors (Lipinski definition) is 4. The molecule has 2 aliphatic rings. The molecular formula is C15H20N2S2. The van der Waals surface area contributed by atoms with Gasteiger partial charge in [0.05, 0.1) is 10.4 Å². The van der Waals surface area contributed by atoms with Crippen molar-refractivity contribution in [3.8, 4) is 0 Å². The van der Waals surface area contributed by atoms with Crippen LogP contribution in [0.2, 0.25) is 0 Å². The third kappa shape index (κ3) is 2.58. The summed E-state index contributed by atoms with van der Waals surface area (Å²) < 4.78 is -0.0222. The molecule has 0 radical (unpaired) electrons. The average Bonchev–Trinajstić information content (AvgIpc) is 2.99. The number of hydrogen-bond donors (Lipinski definition) is 1. The van der Waals surface area contributed by atoms with E-state index in [4.69, 9.17) is 12.2 Å². The molecule has 0 amide bonds. The lowest BCUT2D eigenvalue weighted by Crippen LogP contribution is -2.47. The van der Waals surface area contributed by atoms with Gasteiger partial charge in [-0.25, -0.2) is 0 Å². The summed E-state index contributed by atoms with van der Waals surface area (Å²) in [5.74, 6) is 1.20. The molecular weight excluding hydrogens is 272 g/mol. The van der Waals surface area contributed by atoms with Gasteiger partial charge in [0.1, 0.15) is 0 Å². The molecule has 0 aliphatic carbocycles. The topological polar surface area (TPSA) is 24.9 Å². The maximum atomic E-state index is 5.90. The second kappa shape index (κ2) is 5.90. The van der Waals surface area contributed by atoms with Gasteiger partial charge in [-0.3, -0.25) is 4.98 Å². The van der Waals surface area contributed by atoms with E-state index >= 15 is 0 Å². The minimum atomic E-state index is -0.0222. The highest BCUT2D eigenvalue weighted by molar-refractivity contribution is 8.02. The van der Waals surface area contributed by atoms with Crippen LogP contribution in [0.4, 0.5) is 0 Å². The molecule has 0 bridgehead atoms. The number of nitrogens with one attached hydrogen (secondary N) is 1. The van der Waals surface area contributed by atoms with Gasteiger partial charge in [-0.15, -0.1) is 11.8 Å². The fourth-order valence-electron chi connectivity index (χ4n) is 3.12. The van der Waals surface area contributed by atoms with E-state index in [0.29, 0.717) is 6.04 Å². The van der Waals surface area contributed by atoms with Crippen molar-refractivity contribution >= 4 is 28.8 Å². The zero-order valence-electron chi connectivity index (χ0n) is 11.1. The molecule has 4 heteroatoms. The maximum absolute atomic E-state index is 5.90. The monoisotopic (exact) mass is 292 g/mol. The summed E-state index contributed by atoms with van der Waals surface area (Å²) >= 11 is 7.91. The molecule has 1 N–H and O–H groups in total. The summed E-state index contributed by atoms with van der Waals surface area (Å²) in [5, 5.41) is 3.61. The van der Waals surface area contributed by atoms with Gasteiger partial charge < -0.3 is 5.32 Å². The first-order valence-corrected chi connectivity index (χ1v) is 8.55. The molecule has 2 atom stereocenters. The molecule has 0 aromatic carbocycles. The Bertz CT molecular complexity index is 435. The maximum Gasteiger partial charge on any atom is 0.0906 e. The Labute approximate surface area is 124 Å². The Balaban J connectivity index is 1.90. The highest BCUT2D eigenvalue weighted by Gasteiger charge is 2.44. The SMILES string of the molecule is S=C(C1CCCCN1)C1(c2ccccn2)CCCS1. The fourth-order valence-corrected chi connectivity index (χ4v) is 5.18. The van der Waals surface area contributed by atoms with Gasteiger partial charge in [0.2, 0.25) is 0 Å². The molecule has 2 fully saturated rings. The zero-order valence-corrected chi connectivity index (χ0v) is 12.7.